The summed E-state index contributed by atoms with van der Waals surface area (Å²) in [5, 5.41) is 0. The number of nitrogens with zero attached hydrogens (tertiary/aromatic N) is 1. The van der Waals surface area contributed by atoms with Crippen LogP contribution >= 0.6 is 0 Å². The molecule has 90 valence electrons. The highest BCUT2D eigenvalue weighted by Gasteiger charge is 2.34. The first-order valence-corrected chi connectivity index (χ1v) is 6.32. The summed E-state index contributed by atoms with van der Waals surface area (Å²) in [5.74, 6) is 0. The molecular formula is C12H26N2O. The van der Waals surface area contributed by atoms with Gasteiger partial charge in [-0.25, -0.2) is 0 Å². The number of rotatable bonds is 6. The van der Waals surface area contributed by atoms with Crippen LogP contribution in [0.1, 0.15) is 39.5 Å². The van der Waals surface area contributed by atoms with Crippen molar-refractivity contribution in [2.45, 2.75) is 45.1 Å². The second-order valence-electron chi connectivity index (χ2n) is 4.53. The maximum absolute atomic E-state index is 6.03. The Morgan fingerprint density at radius 2 is 1.67 bits per heavy atom. The summed E-state index contributed by atoms with van der Waals surface area (Å²) in [6, 6.07) is 0. The van der Waals surface area contributed by atoms with Crippen LogP contribution in [0, 0.1) is 0 Å². The van der Waals surface area contributed by atoms with Gasteiger partial charge in [-0.05, 0) is 12.8 Å². The van der Waals surface area contributed by atoms with Crippen molar-refractivity contribution in [3.63, 3.8) is 0 Å². The van der Waals surface area contributed by atoms with Gasteiger partial charge in [-0.1, -0.05) is 26.7 Å². The molecule has 1 rings (SSSR count). The van der Waals surface area contributed by atoms with Crippen LogP contribution in [0.4, 0.5) is 0 Å². The van der Waals surface area contributed by atoms with Gasteiger partial charge in [0.05, 0.1) is 13.2 Å². The fourth-order valence-corrected chi connectivity index (χ4v) is 2.74. The highest BCUT2D eigenvalue weighted by molar-refractivity contribution is 4.92. The summed E-state index contributed by atoms with van der Waals surface area (Å²) >= 11 is 0. The Bertz CT molecular complexity index is 161. The largest absolute Gasteiger partial charge is 0.379 e. The van der Waals surface area contributed by atoms with E-state index in [4.69, 9.17) is 10.5 Å². The van der Waals surface area contributed by atoms with E-state index in [0.29, 0.717) is 0 Å². The Balaban J connectivity index is 2.66. The summed E-state index contributed by atoms with van der Waals surface area (Å²) in [4.78, 5) is 2.56. The Morgan fingerprint density at radius 1 is 1.13 bits per heavy atom. The molecule has 0 unspecified atom stereocenters. The second kappa shape index (κ2) is 6.46. The molecule has 1 heterocycles. The molecule has 0 aromatic heterocycles. The minimum atomic E-state index is 0.243. The van der Waals surface area contributed by atoms with Crippen molar-refractivity contribution < 1.29 is 4.74 Å². The van der Waals surface area contributed by atoms with Gasteiger partial charge in [0.2, 0.25) is 0 Å². The van der Waals surface area contributed by atoms with Gasteiger partial charge in [-0.2, -0.15) is 0 Å². The molecule has 0 amide bonds. The van der Waals surface area contributed by atoms with E-state index in [9.17, 15) is 0 Å². The van der Waals surface area contributed by atoms with Gasteiger partial charge in [0.15, 0.2) is 0 Å². The van der Waals surface area contributed by atoms with Crippen molar-refractivity contribution >= 4 is 0 Å². The number of ether oxygens (including phenoxy) is 1. The predicted octanol–water partition coefficient (Wildman–Crippen LogP) is 1.62. The molecule has 15 heavy (non-hydrogen) atoms. The minimum absolute atomic E-state index is 0.243. The van der Waals surface area contributed by atoms with E-state index in [0.717, 1.165) is 32.8 Å². The highest BCUT2D eigenvalue weighted by Crippen LogP contribution is 2.27. The zero-order valence-electron chi connectivity index (χ0n) is 10.3. The van der Waals surface area contributed by atoms with Gasteiger partial charge in [0.1, 0.15) is 0 Å². The van der Waals surface area contributed by atoms with Crippen LogP contribution in [0.3, 0.4) is 0 Å². The molecule has 0 radical (unpaired) electrons. The van der Waals surface area contributed by atoms with Crippen LogP contribution < -0.4 is 5.73 Å². The third-order valence-electron chi connectivity index (χ3n) is 3.49. The van der Waals surface area contributed by atoms with Gasteiger partial charge < -0.3 is 10.5 Å². The predicted molar refractivity (Wildman–Crippen MR) is 64.0 cm³/mol. The summed E-state index contributed by atoms with van der Waals surface area (Å²) in [7, 11) is 0. The van der Waals surface area contributed by atoms with Gasteiger partial charge in [-0.3, -0.25) is 4.90 Å². The van der Waals surface area contributed by atoms with Crippen LogP contribution in [0.5, 0.6) is 0 Å². The highest BCUT2D eigenvalue weighted by atomic mass is 16.5. The topological polar surface area (TPSA) is 38.5 Å². The quantitative estimate of drug-likeness (QED) is 0.730. The molecule has 1 saturated heterocycles. The summed E-state index contributed by atoms with van der Waals surface area (Å²) in [6.07, 6.45) is 4.87. The van der Waals surface area contributed by atoms with Crippen molar-refractivity contribution in [1.29, 1.82) is 0 Å². The summed E-state index contributed by atoms with van der Waals surface area (Å²) in [6.45, 7) is 9.13. The molecule has 1 aliphatic heterocycles. The molecule has 0 aromatic rings. The molecule has 2 N–H and O–H groups in total. The third-order valence-corrected chi connectivity index (χ3v) is 3.49. The van der Waals surface area contributed by atoms with Crippen molar-refractivity contribution in [3.05, 3.63) is 0 Å². The zero-order valence-corrected chi connectivity index (χ0v) is 10.3. The smallest absolute Gasteiger partial charge is 0.0594 e. The van der Waals surface area contributed by atoms with Crippen LogP contribution in [0.2, 0.25) is 0 Å². The average molecular weight is 214 g/mol. The molecule has 1 aliphatic rings. The molecule has 3 heteroatoms. The molecule has 0 aromatic carbocycles. The van der Waals surface area contributed by atoms with Crippen molar-refractivity contribution in [2.24, 2.45) is 5.73 Å². The van der Waals surface area contributed by atoms with Crippen molar-refractivity contribution in [2.75, 3.05) is 32.8 Å². The number of hydrogen-bond acceptors (Lipinski definition) is 3. The Hall–Kier alpha value is -0.120. The van der Waals surface area contributed by atoms with E-state index in [1.165, 1.54) is 25.7 Å². The Labute approximate surface area is 94.0 Å². The van der Waals surface area contributed by atoms with E-state index < -0.39 is 0 Å². The van der Waals surface area contributed by atoms with Crippen molar-refractivity contribution in [1.82, 2.24) is 4.90 Å². The van der Waals surface area contributed by atoms with Gasteiger partial charge >= 0.3 is 0 Å². The first-order valence-electron chi connectivity index (χ1n) is 6.32. The van der Waals surface area contributed by atoms with Crippen LogP contribution in [0.25, 0.3) is 0 Å². The van der Waals surface area contributed by atoms with Gasteiger partial charge in [0.25, 0.3) is 0 Å². The average Bonchev–Trinajstić information content (AvgIpc) is 2.30. The normalized spacial score (nSPS) is 19.4. The Kier molecular flexibility index (Phi) is 5.58. The van der Waals surface area contributed by atoms with Gasteiger partial charge in [0, 0.05) is 25.2 Å². The maximum Gasteiger partial charge on any atom is 0.0594 e. The van der Waals surface area contributed by atoms with E-state index in [1.54, 1.807) is 0 Å². The van der Waals surface area contributed by atoms with Gasteiger partial charge in [-0.15, -0.1) is 0 Å². The zero-order chi connectivity index (χ0) is 11.1. The maximum atomic E-state index is 6.03. The standard InChI is InChI=1S/C12H26N2O/c1-3-5-12(11-13,6-4-2)14-7-9-15-10-8-14/h3-11,13H2,1-2H3. The number of nitrogens with two attached hydrogens (primary N) is 1. The molecule has 1 fully saturated rings. The van der Waals surface area contributed by atoms with E-state index in [2.05, 4.69) is 18.7 Å². The molecule has 3 nitrogen and oxygen atoms in total. The fraction of sp³-hybridized carbons (Fsp3) is 1.00. The third kappa shape index (κ3) is 3.16. The van der Waals surface area contributed by atoms with Crippen LogP contribution in [-0.2, 0) is 4.74 Å². The molecule has 0 aliphatic carbocycles. The lowest BCUT2D eigenvalue weighted by Crippen LogP contribution is -2.57. The summed E-state index contributed by atoms with van der Waals surface area (Å²) in [5.41, 5.74) is 6.27. The second-order valence-corrected chi connectivity index (χ2v) is 4.53. The lowest BCUT2D eigenvalue weighted by atomic mass is 9.86. The monoisotopic (exact) mass is 214 g/mol. The van der Waals surface area contributed by atoms with Crippen LogP contribution in [0.15, 0.2) is 0 Å². The fourth-order valence-electron chi connectivity index (χ4n) is 2.74. The van der Waals surface area contributed by atoms with E-state index in [-0.39, 0.29) is 5.54 Å². The molecule has 0 saturated carbocycles. The number of morpholine rings is 1. The molecule has 0 atom stereocenters. The number of hydrogen-bond donors (Lipinski definition) is 1. The lowest BCUT2D eigenvalue weighted by molar-refractivity contribution is -0.0269. The SMILES string of the molecule is CCCC(CN)(CCC)N1CCOCC1. The first-order chi connectivity index (χ1) is 7.29. The molecular weight excluding hydrogens is 188 g/mol. The van der Waals surface area contributed by atoms with Crippen LogP contribution in [-0.4, -0.2) is 43.3 Å². The first kappa shape index (κ1) is 12.9. The minimum Gasteiger partial charge on any atom is -0.379 e. The molecule has 0 spiro atoms. The molecule has 0 bridgehead atoms. The summed E-state index contributed by atoms with van der Waals surface area (Å²) < 4.78 is 5.41. The van der Waals surface area contributed by atoms with E-state index in [1.807, 2.05) is 0 Å². The Morgan fingerprint density at radius 3 is 2.07 bits per heavy atom. The lowest BCUT2D eigenvalue weighted by Gasteiger charge is -2.45. The van der Waals surface area contributed by atoms with E-state index >= 15 is 0 Å². The van der Waals surface area contributed by atoms with Crippen molar-refractivity contribution in [3.8, 4) is 0 Å².